The number of anilines is 1. The Morgan fingerprint density at radius 2 is 1.88 bits per heavy atom. The van der Waals surface area contributed by atoms with Crippen molar-refractivity contribution in [3.63, 3.8) is 0 Å². The van der Waals surface area contributed by atoms with Gasteiger partial charge in [0.2, 0.25) is 5.91 Å². The fourth-order valence-corrected chi connectivity index (χ4v) is 2.41. The lowest BCUT2D eigenvalue weighted by Gasteiger charge is -2.14. The van der Waals surface area contributed by atoms with Crippen LogP contribution in [0.4, 0.5) is 5.69 Å². The van der Waals surface area contributed by atoms with Gasteiger partial charge in [-0.3, -0.25) is 9.59 Å². The molecule has 2 aromatic rings. The highest BCUT2D eigenvalue weighted by atomic mass is 16.5. The van der Waals surface area contributed by atoms with Crippen LogP contribution >= 0.6 is 0 Å². The van der Waals surface area contributed by atoms with E-state index in [1.165, 1.54) is 12.1 Å². The second-order valence-corrected chi connectivity index (χ2v) is 5.75. The Kier molecular flexibility index (Phi) is 6.99. The second-order valence-electron chi connectivity index (χ2n) is 5.75. The normalized spacial score (nSPS) is 11.6. The topological polar surface area (TPSA) is 108 Å². The lowest BCUT2D eigenvalue weighted by Crippen LogP contribution is -2.40. The summed E-state index contributed by atoms with van der Waals surface area (Å²) in [5, 5.41) is 24.1. The lowest BCUT2D eigenvalue weighted by molar-refractivity contribution is -0.141. The van der Waals surface area contributed by atoms with Gasteiger partial charge in [-0.2, -0.15) is 0 Å². The molecule has 7 nitrogen and oxygen atoms in total. The van der Waals surface area contributed by atoms with E-state index in [1.807, 2.05) is 24.3 Å². The smallest absolute Gasteiger partial charge is 0.321 e. The number of carboxylic acids is 1. The molecule has 0 spiro atoms. The quantitative estimate of drug-likeness (QED) is 0.546. The number of phenolic OH excluding ortho intramolecular Hbond substituents is 1. The Bertz CT molecular complexity index is 746. The average Bonchev–Trinajstić information content (AvgIpc) is 2.61. The monoisotopic (exact) mass is 358 g/mol. The van der Waals surface area contributed by atoms with E-state index in [2.05, 4.69) is 10.6 Å². The fourth-order valence-electron chi connectivity index (χ4n) is 2.41. The summed E-state index contributed by atoms with van der Waals surface area (Å²) in [6, 6.07) is 12.6. The molecule has 0 saturated carbocycles. The molecule has 1 unspecified atom stereocenters. The van der Waals surface area contributed by atoms with Crippen LogP contribution in [0.1, 0.15) is 12.0 Å². The number of phenols is 1. The largest absolute Gasteiger partial charge is 0.508 e. The third-order valence-corrected chi connectivity index (χ3v) is 3.78. The van der Waals surface area contributed by atoms with Crippen LogP contribution < -0.4 is 15.4 Å². The molecular weight excluding hydrogens is 336 g/mol. The van der Waals surface area contributed by atoms with Gasteiger partial charge in [-0.25, -0.2) is 0 Å². The van der Waals surface area contributed by atoms with Crippen LogP contribution in [0.25, 0.3) is 0 Å². The summed E-state index contributed by atoms with van der Waals surface area (Å²) in [6.07, 6.45) is 0.412. The van der Waals surface area contributed by atoms with Crippen molar-refractivity contribution in [1.29, 1.82) is 0 Å². The predicted molar refractivity (Wildman–Crippen MR) is 97.5 cm³/mol. The van der Waals surface area contributed by atoms with Crippen molar-refractivity contribution in [3.05, 3.63) is 54.1 Å². The van der Waals surface area contributed by atoms with Gasteiger partial charge in [0.15, 0.2) is 0 Å². The van der Waals surface area contributed by atoms with Crippen LogP contribution in [0, 0.1) is 0 Å². The zero-order valence-corrected chi connectivity index (χ0v) is 14.4. The Morgan fingerprint density at radius 3 is 2.50 bits per heavy atom. The van der Waals surface area contributed by atoms with Gasteiger partial charge in [-0.15, -0.1) is 0 Å². The second kappa shape index (κ2) is 9.43. The highest BCUT2D eigenvalue weighted by Crippen LogP contribution is 2.16. The number of carbonyl (C=O) groups excluding carboxylic acids is 1. The molecule has 0 radical (unpaired) electrons. The molecule has 1 atom stereocenters. The van der Waals surface area contributed by atoms with Gasteiger partial charge in [0.05, 0.1) is 13.5 Å². The standard InChI is InChI=1S/C19H22N2O5/c1-26-16-7-5-13(6-8-16)9-10-20-17(19(24)25)12-18(23)21-14-3-2-4-15(22)11-14/h2-8,11,17,20,22H,9-10,12H2,1H3,(H,21,23)(H,24,25). The van der Waals surface area contributed by atoms with E-state index in [1.54, 1.807) is 19.2 Å². The van der Waals surface area contributed by atoms with Crippen molar-refractivity contribution in [2.75, 3.05) is 19.0 Å². The van der Waals surface area contributed by atoms with Gasteiger partial charge in [-0.1, -0.05) is 18.2 Å². The molecule has 138 valence electrons. The summed E-state index contributed by atoms with van der Waals surface area (Å²) in [4.78, 5) is 23.4. The van der Waals surface area contributed by atoms with Crippen LogP contribution in [0.3, 0.4) is 0 Å². The molecule has 7 heteroatoms. The molecule has 0 fully saturated rings. The molecule has 0 aliphatic rings. The molecule has 26 heavy (non-hydrogen) atoms. The van der Waals surface area contributed by atoms with E-state index < -0.39 is 17.9 Å². The van der Waals surface area contributed by atoms with Gasteiger partial charge in [-0.05, 0) is 42.8 Å². The number of nitrogens with one attached hydrogen (secondary N) is 2. The number of benzene rings is 2. The Morgan fingerprint density at radius 1 is 1.15 bits per heavy atom. The molecule has 4 N–H and O–H groups in total. The summed E-state index contributed by atoms with van der Waals surface area (Å²) >= 11 is 0. The van der Waals surface area contributed by atoms with E-state index >= 15 is 0 Å². The van der Waals surface area contributed by atoms with Gasteiger partial charge < -0.3 is 25.6 Å². The number of ether oxygens (including phenoxy) is 1. The summed E-state index contributed by atoms with van der Waals surface area (Å²) in [6.45, 7) is 0.419. The molecular formula is C19H22N2O5. The van der Waals surface area contributed by atoms with E-state index in [0.717, 1.165) is 11.3 Å². The maximum Gasteiger partial charge on any atom is 0.321 e. The summed E-state index contributed by atoms with van der Waals surface area (Å²) in [7, 11) is 1.59. The van der Waals surface area contributed by atoms with Crippen molar-refractivity contribution < 1.29 is 24.5 Å². The zero-order chi connectivity index (χ0) is 18.9. The van der Waals surface area contributed by atoms with Gasteiger partial charge >= 0.3 is 5.97 Å². The summed E-state index contributed by atoms with van der Waals surface area (Å²) < 4.78 is 5.09. The van der Waals surface area contributed by atoms with E-state index in [9.17, 15) is 19.8 Å². The first-order chi connectivity index (χ1) is 12.5. The molecule has 0 aliphatic carbocycles. The molecule has 0 saturated heterocycles. The number of methoxy groups -OCH3 is 1. The first-order valence-electron chi connectivity index (χ1n) is 8.16. The molecule has 2 aromatic carbocycles. The third kappa shape index (κ3) is 6.10. The van der Waals surface area contributed by atoms with Gasteiger partial charge in [0, 0.05) is 11.8 Å². The number of hydrogen-bond acceptors (Lipinski definition) is 5. The summed E-state index contributed by atoms with van der Waals surface area (Å²) in [5.41, 5.74) is 1.45. The predicted octanol–water partition coefficient (Wildman–Crippen LogP) is 2.01. The van der Waals surface area contributed by atoms with Crippen molar-refractivity contribution in [2.24, 2.45) is 0 Å². The average molecular weight is 358 g/mol. The van der Waals surface area contributed by atoms with Crippen molar-refractivity contribution >= 4 is 17.6 Å². The lowest BCUT2D eigenvalue weighted by atomic mass is 10.1. The van der Waals surface area contributed by atoms with E-state index in [-0.39, 0.29) is 12.2 Å². The minimum absolute atomic E-state index is 0.0233. The Hall–Kier alpha value is -3.06. The number of hydrogen-bond donors (Lipinski definition) is 4. The number of amides is 1. The highest BCUT2D eigenvalue weighted by molar-refractivity contribution is 5.94. The number of carbonyl (C=O) groups is 2. The first kappa shape index (κ1) is 19.3. The number of aliphatic carboxylic acids is 1. The minimum Gasteiger partial charge on any atom is -0.508 e. The van der Waals surface area contributed by atoms with Gasteiger partial charge in [0.25, 0.3) is 0 Å². The van der Waals surface area contributed by atoms with Crippen molar-refractivity contribution in [1.82, 2.24) is 5.32 Å². The number of rotatable bonds is 9. The molecule has 0 aliphatic heterocycles. The zero-order valence-electron chi connectivity index (χ0n) is 14.4. The van der Waals surface area contributed by atoms with E-state index in [0.29, 0.717) is 18.7 Å². The van der Waals surface area contributed by atoms with Gasteiger partial charge in [0.1, 0.15) is 17.5 Å². The van der Waals surface area contributed by atoms with Crippen LogP contribution in [-0.4, -0.2) is 41.8 Å². The highest BCUT2D eigenvalue weighted by Gasteiger charge is 2.20. The number of aromatic hydroxyl groups is 1. The SMILES string of the molecule is COc1ccc(CCNC(CC(=O)Nc2cccc(O)c2)C(=O)O)cc1. The number of carboxylic acid groups (broad SMARTS) is 1. The first-order valence-corrected chi connectivity index (χ1v) is 8.16. The van der Waals surface area contributed by atoms with Crippen LogP contribution in [-0.2, 0) is 16.0 Å². The van der Waals surface area contributed by atoms with Crippen LogP contribution in [0.5, 0.6) is 11.5 Å². The fraction of sp³-hybridized carbons (Fsp3) is 0.263. The van der Waals surface area contributed by atoms with Crippen LogP contribution in [0.15, 0.2) is 48.5 Å². The molecule has 0 heterocycles. The molecule has 0 aromatic heterocycles. The third-order valence-electron chi connectivity index (χ3n) is 3.78. The Balaban J connectivity index is 1.83. The van der Waals surface area contributed by atoms with Crippen molar-refractivity contribution in [3.8, 4) is 11.5 Å². The van der Waals surface area contributed by atoms with Crippen LogP contribution in [0.2, 0.25) is 0 Å². The molecule has 2 rings (SSSR count). The molecule has 1 amide bonds. The Labute approximate surface area is 151 Å². The molecule has 0 bridgehead atoms. The van der Waals surface area contributed by atoms with E-state index in [4.69, 9.17) is 4.74 Å². The minimum atomic E-state index is -1.09. The maximum atomic E-state index is 12.0. The summed E-state index contributed by atoms with van der Waals surface area (Å²) in [5.74, 6) is -0.755. The maximum absolute atomic E-state index is 12.0. The van der Waals surface area contributed by atoms with Crippen molar-refractivity contribution in [2.45, 2.75) is 18.9 Å².